The first kappa shape index (κ1) is 26.3. The molecule has 1 heterocycles. The third kappa shape index (κ3) is 6.21. The quantitative estimate of drug-likeness (QED) is 0.429. The number of ketones is 1. The first-order valence-electron chi connectivity index (χ1n) is 10.5. The van der Waals surface area contributed by atoms with Crippen molar-refractivity contribution in [3.63, 3.8) is 0 Å². The molecule has 1 N–H and O–H groups in total. The minimum absolute atomic E-state index is 0.0141. The molecule has 1 saturated heterocycles. The zero-order valence-electron chi connectivity index (χ0n) is 18.5. The fourth-order valence-corrected chi connectivity index (χ4v) is 3.78. The summed E-state index contributed by atoms with van der Waals surface area (Å²) in [4.78, 5) is 39.0. The van der Waals surface area contributed by atoms with E-state index < -0.39 is 59.8 Å². The van der Waals surface area contributed by atoms with Gasteiger partial charge in [0.25, 0.3) is 5.91 Å². The standard InChI is InChI=1S/C23H21ClF4N2O5/c1-34-18-5-4-13(24)7-15(18)23(33)30-6-2-3-12(10-30)22(32)29-9-14(31)11-35-21-19(27)16(25)8-17(26)20(21)28/h4-5,7-8,12H,2-3,6,9-11H2,1H3,(H,29,32). The predicted molar refractivity (Wildman–Crippen MR) is 116 cm³/mol. The van der Waals surface area contributed by atoms with Gasteiger partial charge in [-0.25, -0.2) is 8.78 Å². The van der Waals surface area contributed by atoms with Crippen LogP contribution in [0, 0.1) is 29.2 Å². The lowest BCUT2D eigenvalue weighted by molar-refractivity contribution is -0.129. The lowest BCUT2D eigenvalue weighted by Gasteiger charge is -2.32. The van der Waals surface area contributed by atoms with Gasteiger partial charge in [0, 0.05) is 24.2 Å². The van der Waals surface area contributed by atoms with Crippen LogP contribution in [0.1, 0.15) is 23.2 Å². The number of benzene rings is 2. The summed E-state index contributed by atoms with van der Waals surface area (Å²) in [6.45, 7) is -0.982. The number of Topliss-reactive ketones (excluding diaryl/α,β-unsaturated/α-hetero) is 1. The molecule has 3 rings (SSSR count). The van der Waals surface area contributed by atoms with Crippen LogP contribution in [-0.4, -0.2) is 55.8 Å². The Bertz CT molecular complexity index is 1120. The summed E-state index contributed by atoms with van der Waals surface area (Å²) in [5, 5.41) is 2.73. The van der Waals surface area contributed by atoms with E-state index in [1.54, 1.807) is 12.1 Å². The molecule has 2 aromatic carbocycles. The number of carbonyl (C=O) groups excluding carboxylic acids is 3. The number of nitrogens with one attached hydrogen (secondary N) is 1. The maximum Gasteiger partial charge on any atom is 0.257 e. The van der Waals surface area contributed by atoms with Gasteiger partial charge in [0.05, 0.1) is 25.1 Å². The molecule has 12 heteroatoms. The van der Waals surface area contributed by atoms with Crippen molar-refractivity contribution in [3.8, 4) is 11.5 Å². The Morgan fingerprint density at radius 1 is 1.11 bits per heavy atom. The highest BCUT2D eigenvalue weighted by molar-refractivity contribution is 6.31. The van der Waals surface area contributed by atoms with Gasteiger partial charge in [-0.05, 0) is 31.0 Å². The topological polar surface area (TPSA) is 84.9 Å². The summed E-state index contributed by atoms with van der Waals surface area (Å²) >= 11 is 5.99. The molecular weight excluding hydrogens is 496 g/mol. The summed E-state index contributed by atoms with van der Waals surface area (Å²) < 4.78 is 63.5. The van der Waals surface area contributed by atoms with Gasteiger partial charge < -0.3 is 19.7 Å². The van der Waals surface area contributed by atoms with E-state index in [9.17, 15) is 31.9 Å². The third-order valence-corrected chi connectivity index (χ3v) is 5.62. The number of rotatable bonds is 8. The van der Waals surface area contributed by atoms with E-state index in [0.717, 1.165) is 0 Å². The second kappa shape index (κ2) is 11.4. The zero-order chi connectivity index (χ0) is 25.7. The Morgan fingerprint density at radius 2 is 1.80 bits per heavy atom. The third-order valence-electron chi connectivity index (χ3n) is 5.38. The highest BCUT2D eigenvalue weighted by atomic mass is 35.5. The highest BCUT2D eigenvalue weighted by Crippen LogP contribution is 2.27. The SMILES string of the molecule is COc1ccc(Cl)cc1C(=O)N1CCCC(C(=O)NCC(=O)COc2c(F)c(F)cc(F)c2F)C1. The molecule has 1 aliphatic rings. The monoisotopic (exact) mass is 516 g/mol. The molecule has 1 aliphatic heterocycles. The number of amides is 2. The molecule has 0 aliphatic carbocycles. The fourth-order valence-electron chi connectivity index (χ4n) is 3.60. The number of hydrogen-bond acceptors (Lipinski definition) is 5. The van der Waals surface area contributed by atoms with Crippen LogP contribution in [0.25, 0.3) is 0 Å². The van der Waals surface area contributed by atoms with Crippen LogP contribution >= 0.6 is 11.6 Å². The molecule has 0 radical (unpaired) electrons. The molecule has 1 fully saturated rings. The van der Waals surface area contributed by atoms with Crippen LogP contribution in [0.4, 0.5) is 17.6 Å². The van der Waals surface area contributed by atoms with E-state index in [0.29, 0.717) is 30.2 Å². The van der Waals surface area contributed by atoms with Crippen molar-refractivity contribution < 1.29 is 41.4 Å². The van der Waals surface area contributed by atoms with Crippen molar-refractivity contribution in [2.24, 2.45) is 5.92 Å². The maximum absolute atomic E-state index is 13.6. The number of likely N-dealkylation sites (tertiary alicyclic amines) is 1. The van der Waals surface area contributed by atoms with Gasteiger partial charge in [-0.3, -0.25) is 14.4 Å². The van der Waals surface area contributed by atoms with E-state index in [1.807, 2.05) is 0 Å². The molecule has 1 atom stereocenters. The van der Waals surface area contributed by atoms with Crippen LogP contribution in [0.2, 0.25) is 5.02 Å². The Balaban J connectivity index is 1.55. The number of halogens is 5. The predicted octanol–water partition coefficient (Wildman–Crippen LogP) is 3.52. The Hall–Kier alpha value is -3.34. The van der Waals surface area contributed by atoms with Crippen molar-refractivity contribution in [2.75, 3.05) is 33.4 Å². The molecule has 1 unspecified atom stereocenters. The summed E-state index contributed by atoms with van der Waals surface area (Å²) in [5.74, 6) is -10.2. The Kier molecular flexibility index (Phi) is 8.55. The van der Waals surface area contributed by atoms with E-state index in [1.165, 1.54) is 18.1 Å². The molecule has 2 amide bonds. The first-order chi connectivity index (χ1) is 16.6. The van der Waals surface area contributed by atoms with Crippen molar-refractivity contribution in [1.29, 1.82) is 0 Å². The van der Waals surface area contributed by atoms with E-state index in [4.69, 9.17) is 16.3 Å². The van der Waals surface area contributed by atoms with Gasteiger partial charge >= 0.3 is 0 Å². The van der Waals surface area contributed by atoms with Crippen molar-refractivity contribution in [2.45, 2.75) is 12.8 Å². The number of hydrogen-bond donors (Lipinski definition) is 1. The Morgan fingerprint density at radius 3 is 2.46 bits per heavy atom. The maximum atomic E-state index is 13.6. The van der Waals surface area contributed by atoms with Crippen LogP contribution in [0.5, 0.6) is 11.5 Å². The summed E-state index contributed by atoms with van der Waals surface area (Å²) in [5.41, 5.74) is 0.252. The smallest absolute Gasteiger partial charge is 0.257 e. The van der Waals surface area contributed by atoms with Crippen molar-refractivity contribution >= 4 is 29.2 Å². The minimum Gasteiger partial charge on any atom is -0.496 e. The van der Waals surface area contributed by atoms with Crippen LogP contribution < -0.4 is 14.8 Å². The number of nitrogens with zero attached hydrogens (tertiary/aromatic N) is 1. The number of piperidine rings is 1. The Labute approximate surface area is 202 Å². The molecule has 7 nitrogen and oxygen atoms in total. The normalized spacial score (nSPS) is 15.5. The van der Waals surface area contributed by atoms with Gasteiger partial charge in [0.2, 0.25) is 17.5 Å². The van der Waals surface area contributed by atoms with E-state index >= 15 is 0 Å². The lowest BCUT2D eigenvalue weighted by Crippen LogP contribution is -2.46. The molecule has 0 bridgehead atoms. The van der Waals surface area contributed by atoms with Crippen molar-refractivity contribution in [3.05, 3.63) is 58.1 Å². The summed E-state index contributed by atoms with van der Waals surface area (Å²) in [7, 11) is 1.42. The average molecular weight is 517 g/mol. The van der Waals surface area contributed by atoms with Gasteiger partial charge in [-0.15, -0.1) is 0 Å². The minimum atomic E-state index is -1.77. The summed E-state index contributed by atoms with van der Waals surface area (Å²) in [6.07, 6.45) is 0.999. The molecule has 188 valence electrons. The number of methoxy groups -OCH3 is 1. The van der Waals surface area contributed by atoms with Gasteiger partial charge in [-0.1, -0.05) is 11.6 Å². The highest BCUT2D eigenvalue weighted by Gasteiger charge is 2.30. The van der Waals surface area contributed by atoms with Crippen molar-refractivity contribution in [1.82, 2.24) is 10.2 Å². The molecule has 35 heavy (non-hydrogen) atoms. The number of ether oxygens (including phenoxy) is 2. The second-order valence-corrected chi connectivity index (χ2v) is 8.21. The first-order valence-corrected chi connectivity index (χ1v) is 10.9. The zero-order valence-corrected chi connectivity index (χ0v) is 19.3. The van der Waals surface area contributed by atoms with Crippen LogP contribution in [0.15, 0.2) is 24.3 Å². The van der Waals surface area contributed by atoms with Crippen LogP contribution in [0.3, 0.4) is 0 Å². The average Bonchev–Trinajstić information content (AvgIpc) is 2.85. The fraction of sp³-hybridized carbons (Fsp3) is 0.348. The van der Waals surface area contributed by atoms with E-state index in [2.05, 4.69) is 10.1 Å². The van der Waals surface area contributed by atoms with Gasteiger partial charge in [0.15, 0.2) is 23.2 Å². The van der Waals surface area contributed by atoms with Crippen LogP contribution in [-0.2, 0) is 9.59 Å². The van der Waals surface area contributed by atoms with E-state index in [-0.39, 0.29) is 24.1 Å². The summed E-state index contributed by atoms with van der Waals surface area (Å²) in [6, 6.07) is 4.63. The molecule has 0 spiro atoms. The van der Waals surface area contributed by atoms with Gasteiger partial charge in [0.1, 0.15) is 12.4 Å². The molecule has 2 aromatic rings. The molecule has 0 saturated carbocycles. The molecular formula is C23H21ClF4N2O5. The largest absolute Gasteiger partial charge is 0.496 e. The van der Waals surface area contributed by atoms with Gasteiger partial charge in [-0.2, -0.15) is 8.78 Å². The second-order valence-electron chi connectivity index (χ2n) is 7.78. The lowest BCUT2D eigenvalue weighted by atomic mass is 9.96. The molecule has 0 aromatic heterocycles. The number of carbonyl (C=O) groups is 3.